The van der Waals surface area contributed by atoms with Crippen molar-refractivity contribution in [3.8, 4) is 0 Å². The van der Waals surface area contributed by atoms with E-state index >= 15 is 0 Å². The average Bonchev–Trinajstić information content (AvgIpc) is 2.71. The molecule has 0 spiro atoms. The minimum absolute atomic E-state index is 0.221. The molecule has 1 aromatic heterocycles. The van der Waals surface area contributed by atoms with Crippen LogP contribution in [-0.4, -0.2) is 14.9 Å². The van der Waals surface area contributed by atoms with Gasteiger partial charge in [0.25, 0.3) is 0 Å². The number of aromatic nitrogens is 2. The van der Waals surface area contributed by atoms with E-state index in [-0.39, 0.29) is 6.04 Å². The Balaban J connectivity index is 2.25. The number of hydrogen-bond donors (Lipinski definition) is 1. The predicted octanol–water partition coefficient (Wildman–Crippen LogP) is 4.27. The summed E-state index contributed by atoms with van der Waals surface area (Å²) in [4.78, 5) is 0. The van der Waals surface area contributed by atoms with Crippen molar-refractivity contribution in [1.29, 1.82) is 0 Å². The van der Waals surface area contributed by atoms with Crippen LogP contribution in [0.2, 0.25) is 0 Å². The zero-order chi connectivity index (χ0) is 14.0. The fourth-order valence-electron chi connectivity index (χ4n) is 2.06. The molecule has 5 heteroatoms. The third-order valence-electron chi connectivity index (χ3n) is 2.91. The van der Waals surface area contributed by atoms with Crippen molar-refractivity contribution < 1.29 is 5.11 Å². The molecule has 0 bridgehead atoms. The van der Waals surface area contributed by atoms with E-state index in [0.29, 0.717) is 6.42 Å². The molecule has 0 aliphatic carbocycles. The maximum absolute atomic E-state index is 10.5. The Kier molecular flexibility index (Phi) is 4.81. The average molecular weight is 388 g/mol. The fraction of sp³-hybridized carbons (Fsp3) is 0.357. The number of hydrogen-bond acceptors (Lipinski definition) is 2. The standard InChI is InChI=1S/C14H16Br2N2O/c1-9(2)18-14(12(16)8-17-18)13(19)7-10-4-3-5-11(15)6-10/h3-6,8-9,13,19H,7H2,1-2H3. The second kappa shape index (κ2) is 6.20. The van der Waals surface area contributed by atoms with Crippen LogP contribution in [-0.2, 0) is 6.42 Å². The monoisotopic (exact) mass is 386 g/mol. The Morgan fingerprint density at radius 1 is 1.32 bits per heavy atom. The summed E-state index contributed by atoms with van der Waals surface area (Å²) in [5.41, 5.74) is 1.92. The first kappa shape index (κ1) is 14.8. The lowest BCUT2D eigenvalue weighted by atomic mass is 10.1. The van der Waals surface area contributed by atoms with Crippen molar-refractivity contribution in [2.24, 2.45) is 0 Å². The zero-order valence-corrected chi connectivity index (χ0v) is 14.0. The summed E-state index contributed by atoms with van der Waals surface area (Å²) < 4.78 is 3.73. The molecular formula is C14H16Br2N2O. The number of halogens is 2. The second-order valence-electron chi connectivity index (χ2n) is 4.77. The first-order chi connectivity index (χ1) is 8.99. The van der Waals surface area contributed by atoms with Crippen molar-refractivity contribution in [3.05, 3.63) is 50.7 Å². The number of rotatable bonds is 4. The van der Waals surface area contributed by atoms with Crippen LogP contribution in [0.15, 0.2) is 39.4 Å². The number of aliphatic hydroxyl groups excluding tert-OH is 1. The van der Waals surface area contributed by atoms with Gasteiger partial charge in [0.05, 0.1) is 16.4 Å². The fourth-order valence-corrected chi connectivity index (χ4v) is 3.04. The molecule has 102 valence electrons. The summed E-state index contributed by atoms with van der Waals surface area (Å²) in [6.45, 7) is 4.10. The van der Waals surface area contributed by atoms with Gasteiger partial charge in [-0.1, -0.05) is 28.1 Å². The normalized spacial score (nSPS) is 12.9. The van der Waals surface area contributed by atoms with E-state index in [4.69, 9.17) is 0 Å². The van der Waals surface area contributed by atoms with Crippen LogP contribution < -0.4 is 0 Å². The van der Waals surface area contributed by atoms with Crippen molar-refractivity contribution >= 4 is 31.9 Å². The third kappa shape index (κ3) is 3.46. The van der Waals surface area contributed by atoms with E-state index in [2.05, 4.69) is 50.8 Å². The molecule has 0 fully saturated rings. The molecule has 0 saturated heterocycles. The van der Waals surface area contributed by atoms with E-state index < -0.39 is 6.10 Å². The summed E-state index contributed by atoms with van der Waals surface area (Å²) in [7, 11) is 0. The Morgan fingerprint density at radius 2 is 2.05 bits per heavy atom. The van der Waals surface area contributed by atoms with Gasteiger partial charge >= 0.3 is 0 Å². The SMILES string of the molecule is CC(C)n1ncc(Br)c1C(O)Cc1cccc(Br)c1. The van der Waals surface area contributed by atoms with Gasteiger partial charge in [0.1, 0.15) is 6.10 Å². The number of benzene rings is 1. The summed E-state index contributed by atoms with van der Waals surface area (Å²) in [6.07, 6.45) is 1.73. The molecule has 1 N–H and O–H groups in total. The van der Waals surface area contributed by atoms with E-state index in [1.165, 1.54) is 0 Å². The van der Waals surface area contributed by atoms with Gasteiger partial charge in [-0.2, -0.15) is 5.10 Å². The van der Waals surface area contributed by atoms with Crippen molar-refractivity contribution in [2.75, 3.05) is 0 Å². The molecule has 1 unspecified atom stereocenters. The molecule has 3 nitrogen and oxygen atoms in total. The lowest BCUT2D eigenvalue weighted by molar-refractivity contribution is 0.164. The Hall–Kier alpha value is -0.650. The van der Waals surface area contributed by atoms with E-state index in [9.17, 15) is 5.11 Å². The predicted molar refractivity (Wildman–Crippen MR) is 83.1 cm³/mol. The summed E-state index contributed by atoms with van der Waals surface area (Å²) in [5, 5.41) is 14.8. The van der Waals surface area contributed by atoms with E-state index in [1.54, 1.807) is 6.20 Å². The van der Waals surface area contributed by atoms with Gasteiger partial charge in [-0.05, 0) is 47.5 Å². The Morgan fingerprint density at radius 3 is 2.68 bits per heavy atom. The van der Waals surface area contributed by atoms with Gasteiger partial charge < -0.3 is 5.11 Å². The highest BCUT2D eigenvalue weighted by Gasteiger charge is 2.19. The third-order valence-corrected chi connectivity index (χ3v) is 4.01. The molecule has 2 aromatic rings. The largest absolute Gasteiger partial charge is 0.386 e. The zero-order valence-electron chi connectivity index (χ0n) is 10.8. The minimum atomic E-state index is -0.575. The van der Waals surface area contributed by atoms with Crippen LogP contribution in [0.4, 0.5) is 0 Å². The molecule has 1 atom stereocenters. The van der Waals surface area contributed by atoms with Crippen molar-refractivity contribution in [3.63, 3.8) is 0 Å². The quantitative estimate of drug-likeness (QED) is 0.850. The molecule has 1 aromatic carbocycles. The van der Waals surface area contributed by atoms with Gasteiger partial charge in [-0.25, -0.2) is 0 Å². The molecule has 2 rings (SSSR count). The van der Waals surface area contributed by atoms with Crippen molar-refractivity contribution in [2.45, 2.75) is 32.4 Å². The molecule has 1 heterocycles. The summed E-state index contributed by atoms with van der Waals surface area (Å²) in [5.74, 6) is 0. The molecule has 0 radical (unpaired) electrons. The Labute approximate surface area is 129 Å². The maximum atomic E-state index is 10.5. The Bertz CT molecular complexity index is 566. The highest BCUT2D eigenvalue weighted by molar-refractivity contribution is 9.10. The first-order valence-electron chi connectivity index (χ1n) is 6.14. The van der Waals surface area contributed by atoms with E-state index in [1.807, 2.05) is 28.9 Å². The van der Waals surface area contributed by atoms with Gasteiger partial charge in [-0.15, -0.1) is 0 Å². The van der Waals surface area contributed by atoms with Gasteiger partial charge in [-0.3, -0.25) is 4.68 Å². The van der Waals surface area contributed by atoms with Gasteiger partial charge in [0.2, 0.25) is 0 Å². The van der Waals surface area contributed by atoms with Crippen molar-refractivity contribution in [1.82, 2.24) is 9.78 Å². The van der Waals surface area contributed by atoms with E-state index in [0.717, 1.165) is 20.2 Å². The number of aliphatic hydroxyl groups is 1. The molecule has 0 aliphatic rings. The molecular weight excluding hydrogens is 372 g/mol. The van der Waals surface area contributed by atoms with Crippen LogP contribution >= 0.6 is 31.9 Å². The van der Waals surface area contributed by atoms with Crippen LogP contribution in [0.25, 0.3) is 0 Å². The molecule has 0 saturated carbocycles. The van der Waals surface area contributed by atoms with Gasteiger partial charge in [0.15, 0.2) is 0 Å². The van der Waals surface area contributed by atoms with Gasteiger partial charge in [0, 0.05) is 16.9 Å². The summed E-state index contributed by atoms with van der Waals surface area (Å²) in [6, 6.07) is 8.20. The number of nitrogens with zero attached hydrogens (tertiary/aromatic N) is 2. The molecule has 0 aliphatic heterocycles. The first-order valence-corrected chi connectivity index (χ1v) is 7.73. The van der Waals surface area contributed by atoms with Crippen LogP contribution in [0, 0.1) is 0 Å². The summed E-state index contributed by atoms with van der Waals surface area (Å²) >= 11 is 6.91. The molecule has 19 heavy (non-hydrogen) atoms. The second-order valence-corrected chi connectivity index (χ2v) is 6.54. The van der Waals surface area contributed by atoms with Crippen LogP contribution in [0.5, 0.6) is 0 Å². The van der Waals surface area contributed by atoms with Crippen LogP contribution in [0.1, 0.15) is 37.3 Å². The van der Waals surface area contributed by atoms with Crippen LogP contribution in [0.3, 0.4) is 0 Å². The maximum Gasteiger partial charge on any atom is 0.101 e. The lowest BCUT2D eigenvalue weighted by Crippen LogP contribution is -2.13. The molecule has 0 amide bonds. The minimum Gasteiger partial charge on any atom is -0.386 e. The lowest BCUT2D eigenvalue weighted by Gasteiger charge is -2.17. The smallest absolute Gasteiger partial charge is 0.101 e. The topological polar surface area (TPSA) is 38.0 Å². The highest BCUT2D eigenvalue weighted by atomic mass is 79.9. The highest BCUT2D eigenvalue weighted by Crippen LogP contribution is 2.28.